The first kappa shape index (κ1) is 11.3. The molecule has 3 fully saturated rings. The van der Waals surface area contributed by atoms with E-state index in [0.717, 1.165) is 6.08 Å². The van der Waals surface area contributed by atoms with E-state index in [0.29, 0.717) is 6.42 Å². The second-order valence-corrected chi connectivity index (χ2v) is 5.08. The van der Waals surface area contributed by atoms with Crippen molar-refractivity contribution >= 4 is 17.9 Å². The quantitative estimate of drug-likeness (QED) is 0.566. The SMILES string of the molecule is C=CC(=O)OC12CC3OC(=O)C(C3C1)C2C(=O)O. The third-order valence-electron chi connectivity index (χ3n) is 4.27. The van der Waals surface area contributed by atoms with E-state index in [9.17, 15) is 19.5 Å². The minimum Gasteiger partial charge on any atom is -0.481 e. The van der Waals surface area contributed by atoms with Crippen LogP contribution in [0.25, 0.3) is 0 Å². The maximum atomic E-state index is 11.7. The van der Waals surface area contributed by atoms with Crippen molar-refractivity contribution in [3.05, 3.63) is 12.7 Å². The first-order valence-electron chi connectivity index (χ1n) is 5.77. The molecule has 5 atom stereocenters. The fraction of sp³-hybridized carbons (Fsp3) is 0.583. The van der Waals surface area contributed by atoms with E-state index in [-0.39, 0.29) is 18.4 Å². The summed E-state index contributed by atoms with van der Waals surface area (Å²) in [6.07, 6.45) is 1.35. The molecule has 0 aromatic rings. The van der Waals surface area contributed by atoms with Gasteiger partial charge in [0.15, 0.2) is 0 Å². The number of hydrogen-bond donors (Lipinski definition) is 1. The molecular weight excluding hydrogens is 240 g/mol. The highest BCUT2D eigenvalue weighted by molar-refractivity contribution is 5.87. The zero-order valence-electron chi connectivity index (χ0n) is 9.50. The predicted octanol–water partition coefficient (Wildman–Crippen LogP) is 0.120. The predicted molar refractivity (Wildman–Crippen MR) is 56.2 cm³/mol. The Kier molecular flexibility index (Phi) is 2.09. The van der Waals surface area contributed by atoms with Crippen LogP contribution < -0.4 is 0 Å². The van der Waals surface area contributed by atoms with Crippen molar-refractivity contribution in [3.63, 3.8) is 0 Å². The van der Waals surface area contributed by atoms with E-state index in [1.54, 1.807) is 0 Å². The average Bonchev–Trinajstić information content (AvgIpc) is 2.84. The molecule has 1 heterocycles. The Hall–Kier alpha value is -1.85. The summed E-state index contributed by atoms with van der Waals surface area (Å²) in [5.74, 6) is -4.08. The summed E-state index contributed by atoms with van der Waals surface area (Å²) in [6.45, 7) is 3.30. The lowest BCUT2D eigenvalue weighted by Crippen LogP contribution is -2.46. The Labute approximate surface area is 103 Å². The summed E-state index contributed by atoms with van der Waals surface area (Å²) in [7, 11) is 0. The largest absolute Gasteiger partial charge is 0.481 e. The number of aliphatic carboxylic acids is 1. The molecule has 2 saturated carbocycles. The Bertz CT molecular complexity index is 465. The van der Waals surface area contributed by atoms with Crippen molar-refractivity contribution in [2.75, 3.05) is 0 Å². The standard InChI is InChI=1S/C12H12O6/c1-2-7(13)18-12-3-5-6(4-12)17-11(16)8(5)9(12)10(14)15/h2,5-6,8-9H,1,3-4H2,(H,14,15). The summed E-state index contributed by atoms with van der Waals surface area (Å²) < 4.78 is 10.4. The topological polar surface area (TPSA) is 89.9 Å². The van der Waals surface area contributed by atoms with Gasteiger partial charge in [-0.1, -0.05) is 6.58 Å². The zero-order valence-corrected chi connectivity index (χ0v) is 9.50. The highest BCUT2D eigenvalue weighted by Crippen LogP contribution is 2.61. The van der Waals surface area contributed by atoms with Gasteiger partial charge in [0, 0.05) is 18.4 Å². The molecule has 0 spiro atoms. The minimum atomic E-state index is -1.11. The Morgan fingerprint density at radius 3 is 2.83 bits per heavy atom. The van der Waals surface area contributed by atoms with Crippen LogP contribution in [0.5, 0.6) is 0 Å². The Morgan fingerprint density at radius 1 is 1.50 bits per heavy atom. The van der Waals surface area contributed by atoms with E-state index in [1.807, 2.05) is 0 Å². The number of carbonyl (C=O) groups is 3. The lowest BCUT2D eigenvalue weighted by molar-refractivity contribution is -0.169. The number of fused-ring (bicyclic) bond motifs is 1. The third kappa shape index (κ3) is 1.20. The Morgan fingerprint density at radius 2 is 2.22 bits per heavy atom. The van der Waals surface area contributed by atoms with Gasteiger partial charge in [0.2, 0.25) is 0 Å². The van der Waals surface area contributed by atoms with E-state index >= 15 is 0 Å². The van der Waals surface area contributed by atoms with Gasteiger partial charge < -0.3 is 14.6 Å². The lowest BCUT2D eigenvalue weighted by atomic mass is 9.77. The number of ether oxygens (including phenoxy) is 2. The van der Waals surface area contributed by atoms with Crippen molar-refractivity contribution in [1.29, 1.82) is 0 Å². The summed E-state index contributed by atoms with van der Waals surface area (Å²) in [6, 6.07) is 0. The zero-order chi connectivity index (χ0) is 13.1. The number of hydrogen-bond acceptors (Lipinski definition) is 5. The fourth-order valence-corrected chi connectivity index (χ4v) is 3.73. The van der Waals surface area contributed by atoms with Crippen LogP contribution in [0.1, 0.15) is 12.8 Å². The van der Waals surface area contributed by atoms with Crippen LogP contribution in [0, 0.1) is 17.8 Å². The molecule has 0 aromatic carbocycles. The van der Waals surface area contributed by atoms with E-state index in [4.69, 9.17) is 9.47 Å². The average molecular weight is 252 g/mol. The molecule has 6 heteroatoms. The van der Waals surface area contributed by atoms with Gasteiger partial charge in [-0.15, -0.1) is 0 Å². The van der Waals surface area contributed by atoms with Crippen molar-refractivity contribution in [2.24, 2.45) is 17.8 Å². The molecule has 18 heavy (non-hydrogen) atoms. The van der Waals surface area contributed by atoms with Crippen LogP contribution in [0.3, 0.4) is 0 Å². The number of carboxylic acid groups (broad SMARTS) is 1. The van der Waals surface area contributed by atoms with Gasteiger partial charge in [-0.2, -0.15) is 0 Å². The van der Waals surface area contributed by atoms with Gasteiger partial charge in [-0.05, 0) is 6.42 Å². The lowest BCUT2D eigenvalue weighted by Gasteiger charge is -2.32. The van der Waals surface area contributed by atoms with Crippen molar-refractivity contribution < 1.29 is 29.0 Å². The first-order valence-corrected chi connectivity index (χ1v) is 5.77. The highest BCUT2D eigenvalue weighted by atomic mass is 16.6. The van der Waals surface area contributed by atoms with Gasteiger partial charge in [-0.25, -0.2) is 4.79 Å². The molecule has 1 aliphatic heterocycles. The molecule has 3 aliphatic rings. The highest BCUT2D eigenvalue weighted by Gasteiger charge is 2.73. The van der Waals surface area contributed by atoms with E-state index in [2.05, 4.69) is 6.58 Å². The molecule has 3 rings (SSSR count). The van der Waals surface area contributed by atoms with Crippen LogP contribution >= 0.6 is 0 Å². The molecule has 1 saturated heterocycles. The van der Waals surface area contributed by atoms with Gasteiger partial charge >= 0.3 is 17.9 Å². The molecule has 96 valence electrons. The summed E-state index contributed by atoms with van der Waals surface area (Å²) in [5, 5.41) is 9.30. The summed E-state index contributed by atoms with van der Waals surface area (Å²) >= 11 is 0. The van der Waals surface area contributed by atoms with Crippen molar-refractivity contribution in [2.45, 2.75) is 24.5 Å². The van der Waals surface area contributed by atoms with Gasteiger partial charge in [0.05, 0.1) is 5.92 Å². The van der Waals surface area contributed by atoms with Crippen LogP contribution in [-0.4, -0.2) is 34.7 Å². The normalized spacial score (nSPS) is 43.7. The summed E-state index contributed by atoms with van der Waals surface area (Å²) in [5.41, 5.74) is -1.11. The van der Waals surface area contributed by atoms with Crippen LogP contribution in [0.2, 0.25) is 0 Å². The number of rotatable bonds is 3. The molecule has 0 aromatic heterocycles. The van der Waals surface area contributed by atoms with E-state index in [1.165, 1.54) is 0 Å². The monoisotopic (exact) mass is 252 g/mol. The van der Waals surface area contributed by atoms with Gasteiger partial charge in [-0.3, -0.25) is 9.59 Å². The number of carbonyl (C=O) groups excluding carboxylic acids is 2. The van der Waals surface area contributed by atoms with Gasteiger partial charge in [0.25, 0.3) is 0 Å². The molecule has 5 unspecified atom stereocenters. The van der Waals surface area contributed by atoms with E-state index < -0.39 is 35.3 Å². The summed E-state index contributed by atoms with van der Waals surface area (Å²) in [4.78, 5) is 34.4. The smallest absolute Gasteiger partial charge is 0.330 e. The molecule has 2 bridgehead atoms. The molecular formula is C12H12O6. The number of carboxylic acids is 1. The fourth-order valence-electron chi connectivity index (χ4n) is 3.73. The molecule has 6 nitrogen and oxygen atoms in total. The van der Waals surface area contributed by atoms with Crippen LogP contribution in [0.4, 0.5) is 0 Å². The minimum absolute atomic E-state index is 0.142. The van der Waals surface area contributed by atoms with Gasteiger partial charge in [0.1, 0.15) is 17.6 Å². The molecule has 2 aliphatic carbocycles. The maximum Gasteiger partial charge on any atom is 0.330 e. The van der Waals surface area contributed by atoms with Crippen LogP contribution in [0.15, 0.2) is 12.7 Å². The van der Waals surface area contributed by atoms with Crippen molar-refractivity contribution in [1.82, 2.24) is 0 Å². The molecule has 0 amide bonds. The second-order valence-electron chi connectivity index (χ2n) is 5.08. The van der Waals surface area contributed by atoms with Crippen LogP contribution in [-0.2, 0) is 23.9 Å². The second kappa shape index (κ2) is 3.34. The molecule has 1 N–H and O–H groups in total. The third-order valence-corrected chi connectivity index (χ3v) is 4.27. The first-order chi connectivity index (χ1) is 8.48. The molecule has 0 radical (unpaired) electrons. The Balaban J connectivity index is 1.99. The number of esters is 2. The maximum absolute atomic E-state index is 11.7. The van der Waals surface area contributed by atoms with Crippen molar-refractivity contribution in [3.8, 4) is 0 Å².